The van der Waals surface area contributed by atoms with E-state index in [1.165, 1.54) is 12.8 Å². The second-order valence-corrected chi connectivity index (χ2v) is 7.30. The van der Waals surface area contributed by atoms with Crippen molar-refractivity contribution < 1.29 is 8.42 Å². The van der Waals surface area contributed by atoms with Crippen LogP contribution in [0.4, 0.5) is 0 Å². The van der Waals surface area contributed by atoms with Crippen molar-refractivity contribution in [2.75, 3.05) is 18.8 Å². The first kappa shape index (κ1) is 14.5. The minimum absolute atomic E-state index is 0.194. The molecule has 0 amide bonds. The molecule has 1 heterocycles. The number of benzene rings is 1. The van der Waals surface area contributed by atoms with Crippen LogP contribution < -0.4 is 5.73 Å². The highest BCUT2D eigenvalue weighted by atomic mass is 32.2. The third-order valence-corrected chi connectivity index (χ3v) is 5.57. The summed E-state index contributed by atoms with van der Waals surface area (Å²) in [7, 11) is -3.18. The van der Waals surface area contributed by atoms with Gasteiger partial charge in [-0.05, 0) is 44.0 Å². The van der Waals surface area contributed by atoms with Gasteiger partial charge in [-0.1, -0.05) is 12.1 Å². The monoisotopic (exact) mass is 282 g/mol. The van der Waals surface area contributed by atoms with E-state index < -0.39 is 9.84 Å². The van der Waals surface area contributed by atoms with Crippen molar-refractivity contribution in [1.82, 2.24) is 4.90 Å². The van der Waals surface area contributed by atoms with Crippen LogP contribution in [0.1, 0.15) is 25.3 Å². The summed E-state index contributed by atoms with van der Waals surface area (Å²) in [6, 6.07) is 7.39. The van der Waals surface area contributed by atoms with E-state index in [0.29, 0.717) is 24.0 Å². The molecule has 0 aliphatic carbocycles. The number of likely N-dealkylation sites (tertiary alicyclic amines) is 1. The molecule has 106 valence electrons. The van der Waals surface area contributed by atoms with Crippen molar-refractivity contribution in [3.8, 4) is 0 Å². The molecule has 1 fully saturated rings. The highest BCUT2D eigenvalue weighted by molar-refractivity contribution is 7.91. The number of nitrogens with two attached hydrogens (primary N) is 1. The summed E-state index contributed by atoms with van der Waals surface area (Å²) >= 11 is 0. The van der Waals surface area contributed by atoms with Gasteiger partial charge in [-0.3, -0.25) is 4.90 Å². The van der Waals surface area contributed by atoms with Crippen LogP contribution in [-0.4, -0.2) is 38.2 Å². The van der Waals surface area contributed by atoms with Crippen LogP contribution in [-0.2, 0) is 16.4 Å². The van der Waals surface area contributed by atoms with Gasteiger partial charge in [-0.25, -0.2) is 8.42 Å². The van der Waals surface area contributed by atoms with Gasteiger partial charge in [0.05, 0.1) is 10.6 Å². The lowest BCUT2D eigenvalue weighted by Gasteiger charge is -2.20. The molecule has 0 bridgehead atoms. The van der Waals surface area contributed by atoms with Crippen molar-refractivity contribution >= 4 is 9.84 Å². The van der Waals surface area contributed by atoms with Crippen LogP contribution in [0.5, 0.6) is 0 Å². The van der Waals surface area contributed by atoms with E-state index in [1.807, 2.05) is 0 Å². The van der Waals surface area contributed by atoms with Gasteiger partial charge in [-0.2, -0.15) is 0 Å². The summed E-state index contributed by atoms with van der Waals surface area (Å²) in [5.74, 6) is 0.194. The molecule has 5 heteroatoms. The first-order valence-corrected chi connectivity index (χ1v) is 8.44. The number of hydrogen-bond acceptors (Lipinski definition) is 4. The predicted molar refractivity (Wildman–Crippen MR) is 76.7 cm³/mol. The Bertz CT molecular complexity index is 511. The summed E-state index contributed by atoms with van der Waals surface area (Å²) in [5.41, 5.74) is 6.46. The summed E-state index contributed by atoms with van der Waals surface area (Å²) < 4.78 is 24.5. The highest BCUT2D eigenvalue weighted by Crippen LogP contribution is 2.18. The van der Waals surface area contributed by atoms with Crippen molar-refractivity contribution in [3.05, 3.63) is 29.8 Å². The van der Waals surface area contributed by atoms with Crippen molar-refractivity contribution in [3.63, 3.8) is 0 Å². The number of sulfone groups is 1. The normalized spacial score (nSPS) is 20.8. The Balaban J connectivity index is 2.01. The largest absolute Gasteiger partial charge is 0.326 e. The molecule has 1 aromatic carbocycles. The molecular weight excluding hydrogens is 260 g/mol. The van der Waals surface area contributed by atoms with Crippen molar-refractivity contribution in [2.24, 2.45) is 5.73 Å². The van der Waals surface area contributed by atoms with Crippen molar-refractivity contribution in [2.45, 2.75) is 37.2 Å². The first-order chi connectivity index (χ1) is 9.03. The molecule has 19 heavy (non-hydrogen) atoms. The lowest BCUT2D eigenvalue weighted by Crippen LogP contribution is -2.31. The first-order valence-electron chi connectivity index (χ1n) is 6.79. The maximum absolute atomic E-state index is 12.2. The van der Waals surface area contributed by atoms with Gasteiger partial charge in [0.25, 0.3) is 0 Å². The summed E-state index contributed by atoms with van der Waals surface area (Å²) in [6.07, 6.45) is 2.34. The average Bonchev–Trinajstić information content (AvgIpc) is 2.82. The molecule has 2 N–H and O–H groups in total. The average molecular weight is 282 g/mol. The Morgan fingerprint density at radius 1 is 1.32 bits per heavy atom. The van der Waals surface area contributed by atoms with Crippen LogP contribution in [0.25, 0.3) is 0 Å². The van der Waals surface area contributed by atoms with Crippen LogP contribution >= 0.6 is 0 Å². The molecule has 0 saturated carbocycles. The molecule has 0 aromatic heterocycles. The van der Waals surface area contributed by atoms with E-state index in [0.717, 1.165) is 12.1 Å². The molecular formula is C14H22N2O2S. The zero-order chi connectivity index (χ0) is 13.9. The Kier molecular flexibility index (Phi) is 4.60. The van der Waals surface area contributed by atoms with Gasteiger partial charge in [0, 0.05) is 19.1 Å². The Hall–Kier alpha value is -0.910. The molecule has 1 aliphatic rings. The zero-order valence-corrected chi connectivity index (χ0v) is 12.2. The predicted octanol–water partition coefficient (Wildman–Crippen LogP) is 1.40. The SMILES string of the molecule is CC1CCCN1CCS(=O)(=O)c1ccc(CN)cc1. The molecule has 1 saturated heterocycles. The molecule has 0 spiro atoms. The maximum atomic E-state index is 12.2. The van der Waals surface area contributed by atoms with Gasteiger partial charge < -0.3 is 5.73 Å². The lowest BCUT2D eigenvalue weighted by atomic mass is 10.2. The van der Waals surface area contributed by atoms with Gasteiger partial charge in [0.2, 0.25) is 0 Å². The minimum Gasteiger partial charge on any atom is -0.326 e. The number of hydrogen-bond donors (Lipinski definition) is 1. The standard InChI is InChI=1S/C14H22N2O2S/c1-12-3-2-8-16(12)9-10-19(17,18)14-6-4-13(11-15)5-7-14/h4-7,12H,2-3,8-11,15H2,1H3. The summed E-state index contributed by atoms with van der Waals surface area (Å²) in [6.45, 7) is 4.24. The summed E-state index contributed by atoms with van der Waals surface area (Å²) in [4.78, 5) is 2.66. The smallest absolute Gasteiger partial charge is 0.179 e. The minimum atomic E-state index is -3.18. The molecule has 2 rings (SSSR count). The van der Waals surface area contributed by atoms with Crippen LogP contribution in [0.2, 0.25) is 0 Å². The van der Waals surface area contributed by atoms with Crippen LogP contribution in [0.15, 0.2) is 29.2 Å². The second kappa shape index (κ2) is 6.03. The van der Waals surface area contributed by atoms with E-state index in [-0.39, 0.29) is 5.75 Å². The molecule has 1 atom stereocenters. The fraction of sp³-hybridized carbons (Fsp3) is 0.571. The zero-order valence-electron chi connectivity index (χ0n) is 11.4. The van der Waals surface area contributed by atoms with Crippen LogP contribution in [0, 0.1) is 0 Å². The van der Waals surface area contributed by atoms with Gasteiger partial charge >= 0.3 is 0 Å². The summed E-state index contributed by atoms with van der Waals surface area (Å²) in [5, 5.41) is 0. The Morgan fingerprint density at radius 2 is 2.00 bits per heavy atom. The van der Waals surface area contributed by atoms with E-state index in [9.17, 15) is 8.42 Å². The van der Waals surface area contributed by atoms with Gasteiger partial charge in [-0.15, -0.1) is 0 Å². The third-order valence-electron chi connectivity index (χ3n) is 3.86. The fourth-order valence-corrected chi connectivity index (χ4v) is 3.77. The highest BCUT2D eigenvalue weighted by Gasteiger charge is 2.23. The van der Waals surface area contributed by atoms with Crippen molar-refractivity contribution in [1.29, 1.82) is 0 Å². The Morgan fingerprint density at radius 3 is 2.53 bits per heavy atom. The quantitative estimate of drug-likeness (QED) is 0.887. The number of nitrogens with zero attached hydrogens (tertiary/aromatic N) is 1. The molecule has 1 unspecified atom stereocenters. The lowest BCUT2D eigenvalue weighted by molar-refractivity contribution is 0.284. The van der Waals surface area contributed by atoms with E-state index in [1.54, 1.807) is 24.3 Å². The molecule has 1 aliphatic heterocycles. The molecule has 4 nitrogen and oxygen atoms in total. The van der Waals surface area contributed by atoms with Crippen LogP contribution in [0.3, 0.4) is 0 Å². The maximum Gasteiger partial charge on any atom is 0.179 e. The molecule has 1 aromatic rings. The third kappa shape index (κ3) is 3.55. The topological polar surface area (TPSA) is 63.4 Å². The van der Waals surface area contributed by atoms with E-state index >= 15 is 0 Å². The van der Waals surface area contributed by atoms with Gasteiger partial charge in [0.1, 0.15) is 0 Å². The second-order valence-electron chi connectivity index (χ2n) is 5.19. The molecule has 0 radical (unpaired) electrons. The van der Waals surface area contributed by atoms with E-state index in [2.05, 4.69) is 11.8 Å². The number of rotatable bonds is 5. The van der Waals surface area contributed by atoms with E-state index in [4.69, 9.17) is 5.73 Å². The fourth-order valence-electron chi connectivity index (χ4n) is 2.51. The van der Waals surface area contributed by atoms with Gasteiger partial charge in [0.15, 0.2) is 9.84 Å². The Labute approximate surface area is 115 Å².